The largest absolute Gasteiger partial charge is 0.378 e. The predicted octanol–water partition coefficient (Wildman–Crippen LogP) is 0.694. The average Bonchev–Trinajstić information content (AvgIpc) is 3.14. The molecule has 0 spiro atoms. The zero-order valence-electron chi connectivity index (χ0n) is 16.8. The predicted molar refractivity (Wildman–Crippen MR) is 110 cm³/mol. The van der Waals surface area contributed by atoms with Crippen molar-refractivity contribution in [1.82, 2.24) is 29.8 Å². The summed E-state index contributed by atoms with van der Waals surface area (Å²) < 4.78 is 7.25. The molecule has 10 heteroatoms. The van der Waals surface area contributed by atoms with E-state index in [1.807, 2.05) is 26.0 Å². The SMILES string of the molecule is Cc1cc(N2CCN(c3ccc4nnc(C)n4n3)CC2)nc(N2CCOCC2)n1. The molecule has 0 atom stereocenters. The molecule has 2 aliphatic heterocycles. The van der Waals surface area contributed by atoms with E-state index in [1.54, 1.807) is 4.52 Å². The molecule has 0 radical (unpaired) electrons. The zero-order chi connectivity index (χ0) is 19.8. The summed E-state index contributed by atoms with van der Waals surface area (Å²) in [4.78, 5) is 16.3. The quantitative estimate of drug-likeness (QED) is 0.636. The maximum atomic E-state index is 5.45. The summed E-state index contributed by atoms with van der Waals surface area (Å²) in [6.45, 7) is 10.6. The van der Waals surface area contributed by atoms with Gasteiger partial charge < -0.3 is 19.4 Å². The Bertz CT molecular complexity index is 1010. The van der Waals surface area contributed by atoms with Gasteiger partial charge in [0.2, 0.25) is 5.95 Å². The fourth-order valence-electron chi connectivity index (χ4n) is 3.82. The minimum absolute atomic E-state index is 0.731. The molecule has 0 unspecified atom stereocenters. The molecule has 0 bridgehead atoms. The van der Waals surface area contributed by atoms with Gasteiger partial charge in [0.05, 0.1) is 13.2 Å². The van der Waals surface area contributed by atoms with Crippen molar-refractivity contribution >= 4 is 23.2 Å². The van der Waals surface area contributed by atoms with Crippen LogP contribution in [0.15, 0.2) is 18.2 Å². The summed E-state index contributed by atoms with van der Waals surface area (Å²) in [7, 11) is 0. The van der Waals surface area contributed by atoms with Gasteiger partial charge >= 0.3 is 0 Å². The fraction of sp³-hybridized carbons (Fsp3) is 0.526. The highest BCUT2D eigenvalue weighted by molar-refractivity contribution is 5.50. The van der Waals surface area contributed by atoms with Crippen LogP contribution in [0, 0.1) is 13.8 Å². The maximum Gasteiger partial charge on any atom is 0.227 e. The van der Waals surface area contributed by atoms with E-state index in [9.17, 15) is 0 Å². The molecular formula is C19H25N9O. The number of aromatic nitrogens is 6. The highest BCUT2D eigenvalue weighted by Gasteiger charge is 2.22. The third-order valence-electron chi connectivity index (χ3n) is 5.46. The summed E-state index contributed by atoms with van der Waals surface area (Å²) in [6.07, 6.45) is 0. The van der Waals surface area contributed by atoms with E-state index in [2.05, 4.69) is 35.9 Å². The second kappa shape index (κ2) is 7.43. The maximum absolute atomic E-state index is 5.45. The van der Waals surface area contributed by atoms with Crippen molar-refractivity contribution in [3.8, 4) is 0 Å². The number of hydrogen-bond acceptors (Lipinski definition) is 9. The van der Waals surface area contributed by atoms with E-state index in [0.29, 0.717) is 0 Å². The average molecular weight is 395 g/mol. The first kappa shape index (κ1) is 18.0. The van der Waals surface area contributed by atoms with Gasteiger partial charge in [-0.2, -0.15) is 9.50 Å². The van der Waals surface area contributed by atoms with Crippen molar-refractivity contribution < 1.29 is 4.74 Å². The van der Waals surface area contributed by atoms with Crippen LogP contribution in [0.2, 0.25) is 0 Å². The summed E-state index contributed by atoms with van der Waals surface area (Å²) in [5.74, 6) is 3.55. The van der Waals surface area contributed by atoms with Crippen molar-refractivity contribution in [2.45, 2.75) is 13.8 Å². The Kier molecular flexibility index (Phi) is 4.62. The van der Waals surface area contributed by atoms with Gasteiger partial charge in [-0.25, -0.2) is 4.98 Å². The first-order chi connectivity index (χ1) is 14.2. The van der Waals surface area contributed by atoms with E-state index in [-0.39, 0.29) is 0 Å². The molecular weight excluding hydrogens is 370 g/mol. The summed E-state index contributed by atoms with van der Waals surface area (Å²) in [5.41, 5.74) is 1.77. The smallest absolute Gasteiger partial charge is 0.227 e. The molecule has 5 heterocycles. The lowest BCUT2D eigenvalue weighted by Crippen LogP contribution is -2.47. The Balaban J connectivity index is 1.31. The number of piperazine rings is 1. The minimum Gasteiger partial charge on any atom is -0.378 e. The number of aryl methyl sites for hydroxylation is 2. The molecule has 2 aliphatic rings. The van der Waals surface area contributed by atoms with Crippen molar-refractivity contribution in [2.75, 3.05) is 67.2 Å². The normalized spacial score (nSPS) is 17.9. The Morgan fingerprint density at radius 3 is 2.28 bits per heavy atom. The van der Waals surface area contributed by atoms with Gasteiger partial charge in [0.15, 0.2) is 11.5 Å². The molecule has 10 nitrogen and oxygen atoms in total. The van der Waals surface area contributed by atoms with Gasteiger partial charge in [0.1, 0.15) is 11.6 Å². The molecule has 0 N–H and O–H groups in total. The lowest BCUT2D eigenvalue weighted by atomic mass is 10.3. The fourth-order valence-corrected chi connectivity index (χ4v) is 3.82. The zero-order valence-corrected chi connectivity index (χ0v) is 16.8. The number of hydrogen-bond donors (Lipinski definition) is 0. The first-order valence-corrected chi connectivity index (χ1v) is 10.0. The first-order valence-electron chi connectivity index (χ1n) is 10.0. The number of nitrogens with zero attached hydrogens (tertiary/aromatic N) is 9. The molecule has 3 aromatic rings. The third-order valence-corrected chi connectivity index (χ3v) is 5.46. The third kappa shape index (κ3) is 3.55. The lowest BCUT2D eigenvalue weighted by molar-refractivity contribution is 0.122. The minimum atomic E-state index is 0.731. The second-order valence-electron chi connectivity index (χ2n) is 7.45. The highest BCUT2D eigenvalue weighted by Crippen LogP contribution is 2.21. The monoisotopic (exact) mass is 395 g/mol. The Morgan fingerprint density at radius 2 is 1.52 bits per heavy atom. The van der Waals surface area contributed by atoms with Crippen LogP contribution in [-0.2, 0) is 4.74 Å². The molecule has 29 heavy (non-hydrogen) atoms. The summed E-state index contributed by atoms with van der Waals surface area (Å²) in [5, 5.41) is 12.9. The molecule has 2 saturated heterocycles. The van der Waals surface area contributed by atoms with Crippen LogP contribution in [0.25, 0.3) is 5.65 Å². The van der Waals surface area contributed by atoms with Gasteiger partial charge in [0.25, 0.3) is 0 Å². The molecule has 3 aromatic heterocycles. The van der Waals surface area contributed by atoms with Crippen molar-refractivity contribution in [2.24, 2.45) is 0 Å². The number of morpholine rings is 1. The number of fused-ring (bicyclic) bond motifs is 1. The Morgan fingerprint density at radius 1 is 0.793 bits per heavy atom. The van der Waals surface area contributed by atoms with Crippen LogP contribution < -0.4 is 14.7 Å². The van der Waals surface area contributed by atoms with E-state index < -0.39 is 0 Å². The Hall–Kier alpha value is -3.01. The standard InChI is InChI=1S/C19H25N9O/c1-14-13-18(21-19(20-14)27-9-11-29-12-10-27)26-7-5-25(6-8-26)17-4-3-16-23-22-15(2)28(16)24-17/h3-4,13H,5-12H2,1-2H3. The van der Waals surface area contributed by atoms with Crippen LogP contribution in [0.5, 0.6) is 0 Å². The van der Waals surface area contributed by atoms with Gasteiger partial charge in [-0.1, -0.05) is 0 Å². The van der Waals surface area contributed by atoms with Gasteiger partial charge in [-0.3, -0.25) is 0 Å². The van der Waals surface area contributed by atoms with Crippen molar-refractivity contribution in [1.29, 1.82) is 0 Å². The number of rotatable bonds is 3. The van der Waals surface area contributed by atoms with Gasteiger partial charge in [0, 0.05) is 51.0 Å². The Labute approximate surface area is 169 Å². The number of anilines is 3. The molecule has 0 aromatic carbocycles. The molecule has 0 saturated carbocycles. The lowest BCUT2D eigenvalue weighted by Gasteiger charge is -2.36. The topological polar surface area (TPSA) is 87.8 Å². The van der Waals surface area contributed by atoms with E-state index in [1.165, 1.54) is 0 Å². The molecule has 152 valence electrons. The van der Waals surface area contributed by atoms with E-state index in [0.717, 1.165) is 87.2 Å². The van der Waals surface area contributed by atoms with Gasteiger partial charge in [-0.05, 0) is 26.0 Å². The number of ether oxygens (including phenoxy) is 1. The van der Waals surface area contributed by atoms with Gasteiger partial charge in [-0.15, -0.1) is 15.3 Å². The molecule has 5 rings (SSSR count). The molecule has 2 fully saturated rings. The highest BCUT2D eigenvalue weighted by atomic mass is 16.5. The van der Waals surface area contributed by atoms with Crippen LogP contribution in [0.4, 0.5) is 17.6 Å². The van der Waals surface area contributed by atoms with Crippen molar-refractivity contribution in [3.63, 3.8) is 0 Å². The summed E-state index contributed by atoms with van der Waals surface area (Å²) >= 11 is 0. The summed E-state index contributed by atoms with van der Waals surface area (Å²) in [6, 6.07) is 6.06. The van der Waals surface area contributed by atoms with Crippen LogP contribution in [-0.4, -0.2) is 82.3 Å². The molecule has 0 aliphatic carbocycles. The van der Waals surface area contributed by atoms with E-state index >= 15 is 0 Å². The molecule has 0 amide bonds. The van der Waals surface area contributed by atoms with Crippen LogP contribution in [0.3, 0.4) is 0 Å². The van der Waals surface area contributed by atoms with Crippen LogP contribution in [0.1, 0.15) is 11.5 Å². The second-order valence-corrected chi connectivity index (χ2v) is 7.45. The van der Waals surface area contributed by atoms with Crippen LogP contribution >= 0.6 is 0 Å². The van der Waals surface area contributed by atoms with Crippen molar-refractivity contribution in [3.05, 3.63) is 29.7 Å². The van der Waals surface area contributed by atoms with E-state index in [4.69, 9.17) is 14.8 Å².